The molecular formula is C22H18ClN5O3S. The van der Waals surface area contributed by atoms with Crippen molar-refractivity contribution in [3.63, 3.8) is 0 Å². The van der Waals surface area contributed by atoms with Gasteiger partial charge in [-0.3, -0.25) is 9.59 Å². The van der Waals surface area contributed by atoms with E-state index in [9.17, 15) is 9.59 Å². The summed E-state index contributed by atoms with van der Waals surface area (Å²) in [6.07, 6.45) is 4.51. The van der Waals surface area contributed by atoms with Gasteiger partial charge >= 0.3 is 0 Å². The maximum atomic E-state index is 13.4. The van der Waals surface area contributed by atoms with Crippen LogP contribution in [-0.2, 0) is 4.79 Å². The molecule has 1 fully saturated rings. The molecule has 2 amide bonds. The van der Waals surface area contributed by atoms with Crippen LogP contribution in [0.1, 0.15) is 23.3 Å². The summed E-state index contributed by atoms with van der Waals surface area (Å²) < 4.78 is 7.18. The van der Waals surface area contributed by atoms with Crippen LogP contribution < -0.4 is 5.32 Å². The van der Waals surface area contributed by atoms with E-state index in [1.807, 2.05) is 12.1 Å². The number of nitrogens with zero attached hydrogens (tertiary/aromatic N) is 4. The first-order valence-electron chi connectivity index (χ1n) is 10.0. The van der Waals surface area contributed by atoms with Crippen LogP contribution in [0.2, 0.25) is 5.02 Å². The topological polar surface area (TPSA) is 93.3 Å². The summed E-state index contributed by atoms with van der Waals surface area (Å²) in [5.74, 6) is 0.0118. The number of nitrogens with one attached hydrogen (secondary N) is 1. The lowest BCUT2D eigenvalue weighted by molar-refractivity contribution is -0.119. The van der Waals surface area contributed by atoms with E-state index in [4.69, 9.17) is 16.0 Å². The molecule has 32 heavy (non-hydrogen) atoms. The fourth-order valence-corrected chi connectivity index (χ4v) is 4.51. The van der Waals surface area contributed by atoms with Gasteiger partial charge in [0.25, 0.3) is 5.91 Å². The summed E-state index contributed by atoms with van der Waals surface area (Å²) in [5, 5.41) is 10.2. The predicted molar refractivity (Wildman–Crippen MR) is 121 cm³/mol. The molecule has 1 N–H and O–H groups in total. The van der Waals surface area contributed by atoms with E-state index in [2.05, 4.69) is 15.4 Å². The van der Waals surface area contributed by atoms with Gasteiger partial charge in [-0.1, -0.05) is 17.7 Å². The van der Waals surface area contributed by atoms with Gasteiger partial charge in [-0.15, -0.1) is 11.3 Å². The summed E-state index contributed by atoms with van der Waals surface area (Å²) >= 11 is 7.50. The summed E-state index contributed by atoms with van der Waals surface area (Å²) in [6.45, 7) is 0.481. The van der Waals surface area contributed by atoms with E-state index in [0.717, 1.165) is 6.42 Å². The van der Waals surface area contributed by atoms with E-state index >= 15 is 0 Å². The van der Waals surface area contributed by atoms with Crippen molar-refractivity contribution < 1.29 is 14.0 Å². The average molecular weight is 468 g/mol. The van der Waals surface area contributed by atoms with Gasteiger partial charge in [0.1, 0.15) is 11.7 Å². The van der Waals surface area contributed by atoms with Gasteiger partial charge in [0.15, 0.2) is 16.6 Å². The van der Waals surface area contributed by atoms with Crippen LogP contribution in [-0.4, -0.2) is 44.1 Å². The number of hydrogen-bond donors (Lipinski definition) is 1. The van der Waals surface area contributed by atoms with Crippen molar-refractivity contribution in [2.45, 2.75) is 18.9 Å². The summed E-state index contributed by atoms with van der Waals surface area (Å²) in [7, 11) is 0. The lowest BCUT2D eigenvalue weighted by atomic mass is 10.2. The first-order valence-corrected chi connectivity index (χ1v) is 11.3. The van der Waals surface area contributed by atoms with Crippen LogP contribution in [0.15, 0.2) is 64.7 Å². The quantitative estimate of drug-likeness (QED) is 0.467. The number of carbonyl (C=O) groups excluding carboxylic acids is 2. The zero-order valence-corrected chi connectivity index (χ0v) is 18.3. The molecule has 0 radical (unpaired) electrons. The molecule has 8 nitrogen and oxygen atoms in total. The number of aromatic nitrogens is 3. The van der Waals surface area contributed by atoms with Gasteiger partial charge in [-0.05, 0) is 43.2 Å². The number of amides is 2. The second-order valence-corrected chi connectivity index (χ2v) is 8.60. The molecule has 1 saturated heterocycles. The summed E-state index contributed by atoms with van der Waals surface area (Å²) in [5.41, 5.74) is 1.54. The van der Waals surface area contributed by atoms with Crippen LogP contribution in [0, 0.1) is 0 Å². The molecule has 1 aromatic carbocycles. The van der Waals surface area contributed by atoms with Crippen LogP contribution in [0.3, 0.4) is 0 Å². The van der Waals surface area contributed by atoms with E-state index in [-0.39, 0.29) is 17.5 Å². The molecule has 1 aliphatic heterocycles. The molecule has 1 unspecified atom stereocenters. The van der Waals surface area contributed by atoms with Crippen molar-refractivity contribution >= 4 is 39.9 Å². The molecule has 10 heteroatoms. The Balaban J connectivity index is 1.47. The van der Waals surface area contributed by atoms with Gasteiger partial charge in [0, 0.05) is 29.2 Å². The molecule has 0 aliphatic carbocycles. The monoisotopic (exact) mass is 467 g/mol. The van der Waals surface area contributed by atoms with E-state index in [1.165, 1.54) is 11.3 Å². The third kappa shape index (κ3) is 3.92. The second kappa shape index (κ2) is 8.60. The first-order chi connectivity index (χ1) is 15.6. The second-order valence-electron chi connectivity index (χ2n) is 7.27. The van der Waals surface area contributed by atoms with Gasteiger partial charge in [0.05, 0.1) is 12.0 Å². The Morgan fingerprint density at radius 1 is 1.22 bits per heavy atom. The normalized spacial score (nSPS) is 15.8. The third-order valence-electron chi connectivity index (χ3n) is 5.23. The van der Waals surface area contributed by atoms with Crippen LogP contribution in [0.5, 0.6) is 0 Å². The lowest BCUT2D eigenvalue weighted by Crippen LogP contribution is -2.43. The van der Waals surface area contributed by atoms with Crippen LogP contribution >= 0.6 is 22.9 Å². The molecule has 1 aliphatic rings. The van der Waals surface area contributed by atoms with E-state index in [0.29, 0.717) is 40.3 Å². The Kier molecular flexibility index (Phi) is 5.50. The van der Waals surface area contributed by atoms with Crippen molar-refractivity contribution in [3.05, 3.63) is 71.0 Å². The average Bonchev–Trinajstić information content (AvgIpc) is 3.59. The minimum Gasteiger partial charge on any atom is -0.463 e. The maximum Gasteiger partial charge on any atom is 0.275 e. The van der Waals surface area contributed by atoms with Crippen molar-refractivity contribution in [1.82, 2.24) is 19.7 Å². The van der Waals surface area contributed by atoms with Crippen molar-refractivity contribution in [2.24, 2.45) is 0 Å². The van der Waals surface area contributed by atoms with Gasteiger partial charge in [-0.25, -0.2) is 9.67 Å². The summed E-state index contributed by atoms with van der Waals surface area (Å²) in [6, 6.07) is 11.9. The van der Waals surface area contributed by atoms with Crippen molar-refractivity contribution in [1.29, 1.82) is 0 Å². The molecule has 0 saturated carbocycles. The number of furan rings is 1. The van der Waals surface area contributed by atoms with Crippen LogP contribution in [0.4, 0.5) is 5.13 Å². The first kappa shape index (κ1) is 20.5. The third-order valence-corrected chi connectivity index (χ3v) is 6.16. The van der Waals surface area contributed by atoms with Crippen molar-refractivity contribution in [3.8, 4) is 17.1 Å². The Morgan fingerprint density at radius 2 is 2.12 bits per heavy atom. The number of anilines is 1. The molecule has 5 rings (SSSR count). The van der Waals surface area contributed by atoms with Gasteiger partial charge in [0.2, 0.25) is 5.91 Å². The number of rotatable bonds is 5. The fourth-order valence-electron chi connectivity index (χ4n) is 3.79. The highest BCUT2D eigenvalue weighted by atomic mass is 35.5. The van der Waals surface area contributed by atoms with Gasteiger partial charge in [-0.2, -0.15) is 5.10 Å². The van der Waals surface area contributed by atoms with E-state index in [1.54, 1.807) is 57.8 Å². The molecule has 162 valence electrons. The zero-order valence-electron chi connectivity index (χ0n) is 16.8. The maximum absolute atomic E-state index is 13.4. The number of likely N-dealkylation sites (tertiary alicyclic amines) is 1. The van der Waals surface area contributed by atoms with Gasteiger partial charge < -0.3 is 14.6 Å². The minimum atomic E-state index is -0.574. The molecular weight excluding hydrogens is 450 g/mol. The molecule has 0 bridgehead atoms. The Morgan fingerprint density at radius 3 is 2.88 bits per heavy atom. The lowest BCUT2D eigenvalue weighted by Gasteiger charge is -2.22. The Bertz CT molecular complexity index is 1250. The Labute approximate surface area is 192 Å². The largest absolute Gasteiger partial charge is 0.463 e. The SMILES string of the molecule is O=C(Nc1nccs1)C1CCCN1C(=O)c1cc(-c2ccco2)n(-c2cccc(Cl)c2)n1. The predicted octanol–water partition coefficient (Wildman–Crippen LogP) is 4.49. The zero-order chi connectivity index (χ0) is 22.1. The number of hydrogen-bond acceptors (Lipinski definition) is 6. The number of carbonyl (C=O) groups is 2. The Hall–Kier alpha value is -3.43. The number of halogens is 1. The highest BCUT2D eigenvalue weighted by Crippen LogP contribution is 2.28. The highest BCUT2D eigenvalue weighted by Gasteiger charge is 2.36. The minimum absolute atomic E-state index is 0.227. The number of benzene rings is 1. The molecule has 4 aromatic rings. The van der Waals surface area contributed by atoms with Crippen molar-refractivity contribution in [2.75, 3.05) is 11.9 Å². The summed E-state index contributed by atoms with van der Waals surface area (Å²) in [4.78, 5) is 31.8. The molecule has 3 aromatic heterocycles. The molecule has 4 heterocycles. The highest BCUT2D eigenvalue weighted by molar-refractivity contribution is 7.13. The number of thiazole rings is 1. The van der Waals surface area contributed by atoms with E-state index < -0.39 is 6.04 Å². The molecule has 0 spiro atoms. The van der Waals surface area contributed by atoms with Crippen LogP contribution in [0.25, 0.3) is 17.1 Å². The molecule has 1 atom stereocenters. The standard InChI is InChI=1S/C22H18ClN5O3S/c23-14-4-1-5-15(12-14)28-18(19-7-3-10-31-19)13-16(26-28)21(30)27-9-2-6-17(27)20(29)25-22-24-8-11-32-22/h1,3-5,7-8,10-13,17H,2,6,9H2,(H,24,25,29). The fraction of sp³-hybridized carbons (Fsp3) is 0.182. The smallest absolute Gasteiger partial charge is 0.275 e.